The summed E-state index contributed by atoms with van der Waals surface area (Å²) >= 11 is 5.88. The number of allylic oxidation sites excluding steroid dienone is 1. The Bertz CT molecular complexity index is 594. The van der Waals surface area contributed by atoms with Crippen molar-refractivity contribution in [3.8, 4) is 0 Å². The summed E-state index contributed by atoms with van der Waals surface area (Å²) in [4.78, 5) is 17.8. The van der Waals surface area contributed by atoms with E-state index in [1.807, 2.05) is 24.0 Å². The maximum Gasteiger partial charge on any atom is 0.199 e. The molecule has 2 atom stereocenters. The molecule has 0 fully saturated rings. The van der Waals surface area contributed by atoms with E-state index < -0.39 is 5.72 Å². The number of fused-ring (bicyclic) bond motifs is 1. The zero-order chi connectivity index (χ0) is 13.6. The molecular weight excluding hydrogens is 264 g/mol. The number of hydrogen-bond acceptors (Lipinski definition) is 4. The van der Waals surface area contributed by atoms with Crippen LogP contribution in [0.15, 0.2) is 41.4 Å². The highest BCUT2D eigenvalue weighted by molar-refractivity contribution is 6.30. The number of hydrogen-bond donors (Lipinski definition) is 1. The molecule has 3 rings (SSSR count). The number of rotatable bonds is 1. The number of aliphatic imine (C=N–C) groups is 1. The van der Waals surface area contributed by atoms with Gasteiger partial charge in [0.2, 0.25) is 0 Å². The SMILES string of the molecule is CC1=NC2(O)C=CC(=O)CC2N1c1ccc(Cl)cc1. The van der Waals surface area contributed by atoms with Gasteiger partial charge in [0.05, 0.1) is 6.04 Å². The first-order chi connectivity index (χ1) is 8.99. The molecule has 5 heteroatoms. The average Bonchev–Trinajstić information content (AvgIpc) is 2.62. The third-order valence-corrected chi connectivity index (χ3v) is 3.76. The first-order valence-electron chi connectivity index (χ1n) is 6.05. The molecule has 19 heavy (non-hydrogen) atoms. The van der Waals surface area contributed by atoms with Gasteiger partial charge in [-0.15, -0.1) is 0 Å². The lowest BCUT2D eigenvalue weighted by atomic mass is 9.92. The van der Waals surface area contributed by atoms with Gasteiger partial charge in [0.1, 0.15) is 5.84 Å². The molecule has 1 N–H and O–H groups in total. The van der Waals surface area contributed by atoms with Crippen LogP contribution in [0.4, 0.5) is 5.69 Å². The van der Waals surface area contributed by atoms with Crippen LogP contribution in [0.3, 0.4) is 0 Å². The monoisotopic (exact) mass is 276 g/mol. The molecule has 1 heterocycles. The highest BCUT2D eigenvalue weighted by Crippen LogP contribution is 2.36. The second-order valence-electron chi connectivity index (χ2n) is 4.81. The topological polar surface area (TPSA) is 52.9 Å². The Morgan fingerprint density at radius 2 is 2.11 bits per heavy atom. The van der Waals surface area contributed by atoms with E-state index in [0.29, 0.717) is 10.9 Å². The van der Waals surface area contributed by atoms with Crippen molar-refractivity contribution in [3.63, 3.8) is 0 Å². The quantitative estimate of drug-likeness (QED) is 0.855. The molecule has 0 bridgehead atoms. The van der Waals surface area contributed by atoms with Crippen molar-refractivity contribution in [3.05, 3.63) is 41.4 Å². The number of halogens is 1. The summed E-state index contributed by atoms with van der Waals surface area (Å²) in [5.41, 5.74) is -0.438. The van der Waals surface area contributed by atoms with Gasteiger partial charge >= 0.3 is 0 Å². The van der Waals surface area contributed by atoms with Crippen LogP contribution in [-0.4, -0.2) is 28.5 Å². The zero-order valence-electron chi connectivity index (χ0n) is 10.4. The summed E-state index contributed by atoms with van der Waals surface area (Å²) in [5, 5.41) is 11.1. The molecule has 1 aromatic rings. The fraction of sp³-hybridized carbons (Fsp3) is 0.286. The van der Waals surface area contributed by atoms with Gasteiger partial charge in [-0.25, -0.2) is 4.99 Å². The van der Waals surface area contributed by atoms with Gasteiger partial charge in [-0.1, -0.05) is 11.6 Å². The van der Waals surface area contributed by atoms with Crippen LogP contribution in [0.1, 0.15) is 13.3 Å². The molecular formula is C14H13ClN2O2. The predicted octanol–water partition coefficient (Wildman–Crippen LogP) is 2.16. The van der Waals surface area contributed by atoms with E-state index in [1.165, 1.54) is 12.2 Å². The number of anilines is 1. The fourth-order valence-electron chi connectivity index (χ4n) is 2.64. The average molecular weight is 277 g/mol. The molecule has 1 aliphatic heterocycles. The molecule has 2 unspecified atom stereocenters. The summed E-state index contributed by atoms with van der Waals surface area (Å²) in [6.07, 6.45) is 3.12. The summed E-state index contributed by atoms with van der Waals surface area (Å²) in [7, 11) is 0. The zero-order valence-corrected chi connectivity index (χ0v) is 11.1. The summed E-state index contributed by atoms with van der Waals surface area (Å²) in [6, 6.07) is 6.89. The molecule has 0 saturated carbocycles. The number of nitrogens with zero attached hydrogens (tertiary/aromatic N) is 2. The largest absolute Gasteiger partial charge is 0.364 e. The van der Waals surface area contributed by atoms with Crippen LogP contribution in [-0.2, 0) is 4.79 Å². The van der Waals surface area contributed by atoms with Crippen molar-refractivity contribution in [1.29, 1.82) is 0 Å². The Morgan fingerprint density at radius 1 is 1.42 bits per heavy atom. The van der Waals surface area contributed by atoms with E-state index >= 15 is 0 Å². The maximum absolute atomic E-state index is 11.6. The van der Waals surface area contributed by atoms with Crippen molar-refractivity contribution < 1.29 is 9.90 Å². The van der Waals surface area contributed by atoms with E-state index in [-0.39, 0.29) is 18.2 Å². The van der Waals surface area contributed by atoms with Crippen LogP contribution >= 0.6 is 11.6 Å². The van der Waals surface area contributed by atoms with Gasteiger partial charge in [0.25, 0.3) is 0 Å². The van der Waals surface area contributed by atoms with Crippen molar-refractivity contribution in [2.75, 3.05) is 4.90 Å². The smallest absolute Gasteiger partial charge is 0.199 e. The Kier molecular flexibility index (Phi) is 2.73. The van der Waals surface area contributed by atoms with Crippen molar-refractivity contribution in [2.45, 2.75) is 25.1 Å². The molecule has 0 aromatic heterocycles. The van der Waals surface area contributed by atoms with Crippen LogP contribution in [0.5, 0.6) is 0 Å². The van der Waals surface area contributed by atoms with Gasteiger partial charge < -0.3 is 10.0 Å². The minimum absolute atomic E-state index is 0.00135. The Balaban J connectivity index is 2.03. The molecule has 0 spiro atoms. The fourth-order valence-corrected chi connectivity index (χ4v) is 2.76. The van der Waals surface area contributed by atoms with E-state index in [4.69, 9.17) is 11.6 Å². The van der Waals surface area contributed by atoms with Gasteiger partial charge in [0.15, 0.2) is 11.5 Å². The molecule has 1 aliphatic carbocycles. The normalized spacial score (nSPS) is 29.4. The van der Waals surface area contributed by atoms with Crippen molar-refractivity contribution in [1.82, 2.24) is 0 Å². The van der Waals surface area contributed by atoms with E-state index in [9.17, 15) is 9.90 Å². The molecule has 0 saturated heterocycles. The molecule has 0 amide bonds. The number of benzene rings is 1. The predicted molar refractivity (Wildman–Crippen MR) is 74.5 cm³/mol. The second-order valence-corrected chi connectivity index (χ2v) is 5.24. The third kappa shape index (κ3) is 1.97. The van der Waals surface area contributed by atoms with Crippen LogP contribution < -0.4 is 4.90 Å². The first kappa shape index (κ1) is 12.4. The standard InChI is InChI=1S/C14H13ClN2O2/c1-9-16-14(19)7-6-12(18)8-13(14)17(9)11-4-2-10(15)3-5-11/h2-7,13,19H,8H2,1H3. The maximum atomic E-state index is 11.6. The lowest BCUT2D eigenvalue weighted by molar-refractivity contribution is -0.116. The molecule has 2 aliphatic rings. The van der Waals surface area contributed by atoms with Gasteiger partial charge in [-0.2, -0.15) is 0 Å². The van der Waals surface area contributed by atoms with Crippen LogP contribution in [0.2, 0.25) is 5.02 Å². The minimum atomic E-state index is -1.31. The highest BCUT2D eigenvalue weighted by Gasteiger charge is 2.47. The highest BCUT2D eigenvalue weighted by atomic mass is 35.5. The summed E-state index contributed by atoms with van der Waals surface area (Å²) < 4.78 is 0. The number of aliphatic hydroxyl groups is 1. The lowest BCUT2D eigenvalue weighted by Gasteiger charge is -2.34. The van der Waals surface area contributed by atoms with Gasteiger partial charge in [0, 0.05) is 17.1 Å². The van der Waals surface area contributed by atoms with Gasteiger partial charge in [-0.05, 0) is 43.3 Å². The Morgan fingerprint density at radius 3 is 2.79 bits per heavy atom. The van der Waals surface area contributed by atoms with E-state index in [2.05, 4.69) is 4.99 Å². The molecule has 1 aromatic carbocycles. The Hall–Kier alpha value is -1.65. The molecule has 4 nitrogen and oxygen atoms in total. The van der Waals surface area contributed by atoms with E-state index in [1.54, 1.807) is 12.1 Å². The van der Waals surface area contributed by atoms with Gasteiger partial charge in [-0.3, -0.25) is 4.79 Å². The van der Waals surface area contributed by atoms with E-state index in [0.717, 1.165) is 5.69 Å². The van der Waals surface area contributed by atoms with Crippen LogP contribution in [0, 0.1) is 0 Å². The third-order valence-electron chi connectivity index (χ3n) is 3.51. The summed E-state index contributed by atoms with van der Waals surface area (Å²) in [5.74, 6) is 0.688. The second kappa shape index (κ2) is 4.18. The lowest BCUT2D eigenvalue weighted by Crippen LogP contribution is -2.49. The molecule has 0 radical (unpaired) electrons. The van der Waals surface area contributed by atoms with Crippen LogP contribution in [0.25, 0.3) is 0 Å². The summed E-state index contributed by atoms with van der Waals surface area (Å²) in [6.45, 7) is 1.82. The first-order valence-corrected chi connectivity index (χ1v) is 6.43. The number of amidine groups is 1. The number of ketones is 1. The molecule has 98 valence electrons. The number of carbonyl (C=O) groups is 1. The van der Waals surface area contributed by atoms with Crippen molar-refractivity contribution in [2.24, 2.45) is 4.99 Å². The number of carbonyl (C=O) groups excluding carboxylic acids is 1. The Labute approximate surface area is 116 Å². The minimum Gasteiger partial charge on any atom is -0.364 e. The van der Waals surface area contributed by atoms with Crippen molar-refractivity contribution >= 4 is 28.9 Å².